The van der Waals surface area contributed by atoms with Crippen LogP contribution in [0.2, 0.25) is 0 Å². The molecule has 0 aromatic rings. The summed E-state index contributed by atoms with van der Waals surface area (Å²) in [5, 5.41) is 0. The molecule has 62 valence electrons. The lowest BCUT2D eigenvalue weighted by molar-refractivity contribution is -0.143. The van der Waals surface area contributed by atoms with E-state index < -0.39 is 0 Å². The molecule has 1 saturated carbocycles. The molecule has 2 nitrogen and oxygen atoms in total. The number of cyclic esters (lactones) is 1. The van der Waals surface area contributed by atoms with E-state index in [-0.39, 0.29) is 12.1 Å². The molecule has 2 aliphatic rings. The number of carbonyl (C=O) groups is 1. The summed E-state index contributed by atoms with van der Waals surface area (Å²) in [7, 11) is 0. The van der Waals surface area contributed by atoms with Crippen LogP contribution in [0.1, 0.15) is 38.5 Å². The van der Waals surface area contributed by atoms with E-state index >= 15 is 0 Å². The average molecular weight is 154 g/mol. The van der Waals surface area contributed by atoms with E-state index in [1.54, 1.807) is 0 Å². The van der Waals surface area contributed by atoms with Gasteiger partial charge in [0.05, 0.1) is 0 Å². The Hall–Kier alpha value is -0.530. The Morgan fingerprint density at radius 1 is 1.18 bits per heavy atom. The summed E-state index contributed by atoms with van der Waals surface area (Å²) in [6.45, 7) is 0. The van der Waals surface area contributed by atoms with Crippen LogP contribution in [0, 0.1) is 5.92 Å². The molecule has 1 atom stereocenters. The van der Waals surface area contributed by atoms with Gasteiger partial charge in [-0.1, -0.05) is 12.8 Å². The zero-order chi connectivity index (χ0) is 7.68. The van der Waals surface area contributed by atoms with Crippen molar-refractivity contribution in [1.82, 2.24) is 0 Å². The molecular formula is C9H14O2. The van der Waals surface area contributed by atoms with Crippen LogP contribution in [0.5, 0.6) is 0 Å². The number of hydrogen-bond donors (Lipinski definition) is 0. The Morgan fingerprint density at radius 3 is 2.45 bits per heavy atom. The van der Waals surface area contributed by atoms with Crippen molar-refractivity contribution in [2.45, 2.75) is 44.6 Å². The highest BCUT2D eigenvalue weighted by Gasteiger charge is 2.32. The van der Waals surface area contributed by atoms with Gasteiger partial charge in [0, 0.05) is 6.42 Å². The van der Waals surface area contributed by atoms with E-state index in [0.29, 0.717) is 12.3 Å². The maximum absolute atomic E-state index is 10.8. The van der Waals surface area contributed by atoms with Gasteiger partial charge in [0.1, 0.15) is 6.10 Å². The molecule has 2 fully saturated rings. The summed E-state index contributed by atoms with van der Waals surface area (Å²) < 4.78 is 5.21. The molecule has 0 amide bonds. The summed E-state index contributed by atoms with van der Waals surface area (Å²) >= 11 is 0. The molecule has 11 heavy (non-hydrogen) atoms. The van der Waals surface area contributed by atoms with Gasteiger partial charge in [-0.05, 0) is 25.2 Å². The number of carbonyl (C=O) groups excluding carboxylic acids is 1. The summed E-state index contributed by atoms with van der Waals surface area (Å²) in [4.78, 5) is 10.8. The third kappa shape index (κ3) is 1.39. The number of esters is 1. The third-order valence-corrected chi connectivity index (χ3v) is 2.84. The first-order valence-corrected chi connectivity index (χ1v) is 4.56. The molecule has 1 aliphatic carbocycles. The second-order valence-electron chi connectivity index (χ2n) is 3.61. The van der Waals surface area contributed by atoms with Gasteiger partial charge >= 0.3 is 5.97 Å². The van der Waals surface area contributed by atoms with Crippen LogP contribution < -0.4 is 0 Å². The third-order valence-electron chi connectivity index (χ3n) is 2.84. The second kappa shape index (κ2) is 2.84. The minimum Gasteiger partial charge on any atom is -0.462 e. The van der Waals surface area contributed by atoms with Crippen molar-refractivity contribution < 1.29 is 9.53 Å². The van der Waals surface area contributed by atoms with Crippen LogP contribution in [0.25, 0.3) is 0 Å². The van der Waals surface area contributed by atoms with Gasteiger partial charge in [-0.2, -0.15) is 0 Å². The highest BCUT2D eigenvalue weighted by atomic mass is 16.5. The van der Waals surface area contributed by atoms with Crippen LogP contribution in [-0.4, -0.2) is 12.1 Å². The Bertz CT molecular complexity index is 159. The Kier molecular flexibility index (Phi) is 1.84. The Morgan fingerprint density at radius 2 is 1.91 bits per heavy atom. The predicted molar refractivity (Wildman–Crippen MR) is 41.1 cm³/mol. The van der Waals surface area contributed by atoms with Crippen LogP contribution in [0.15, 0.2) is 0 Å². The molecule has 2 heteroatoms. The quantitative estimate of drug-likeness (QED) is 0.539. The fourth-order valence-electron chi connectivity index (χ4n) is 2.21. The van der Waals surface area contributed by atoms with E-state index in [1.807, 2.05) is 0 Å². The first-order valence-electron chi connectivity index (χ1n) is 4.56. The normalized spacial score (nSPS) is 32.7. The van der Waals surface area contributed by atoms with Gasteiger partial charge in [-0.25, -0.2) is 0 Å². The molecule has 1 heterocycles. The number of rotatable bonds is 1. The maximum Gasteiger partial charge on any atom is 0.306 e. The van der Waals surface area contributed by atoms with Crippen molar-refractivity contribution in [2.75, 3.05) is 0 Å². The highest BCUT2D eigenvalue weighted by Crippen LogP contribution is 2.33. The van der Waals surface area contributed by atoms with E-state index in [2.05, 4.69) is 0 Å². The van der Waals surface area contributed by atoms with Crippen molar-refractivity contribution in [1.29, 1.82) is 0 Å². The van der Waals surface area contributed by atoms with Crippen molar-refractivity contribution in [3.8, 4) is 0 Å². The zero-order valence-electron chi connectivity index (χ0n) is 6.71. The molecule has 0 N–H and O–H groups in total. The predicted octanol–water partition coefficient (Wildman–Crippen LogP) is 1.88. The van der Waals surface area contributed by atoms with Crippen LogP contribution in [0.3, 0.4) is 0 Å². The molecule has 0 bridgehead atoms. The SMILES string of the molecule is O=C1CC[C@@H](C2CCCC2)O1. The molecule has 2 rings (SSSR count). The summed E-state index contributed by atoms with van der Waals surface area (Å²) in [6, 6.07) is 0. The van der Waals surface area contributed by atoms with Gasteiger partial charge in [-0.3, -0.25) is 4.79 Å². The number of hydrogen-bond acceptors (Lipinski definition) is 2. The highest BCUT2D eigenvalue weighted by molar-refractivity contribution is 5.71. The molecule has 1 saturated heterocycles. The monoisotopic (exact) mass is 154 g/mol. The largest absolute Gasteiger partial charge is 0.462 e. The van der Waals surface area contributed by atoms with Gasteiger partial charge in [0.15, 0.2) is 0 Å². The minimum absolute atomic E-state index is 0.0156. The van der Waals surface area contributed by atoms with E-state index in [9.17, 15) is 4.79 Å². The molecule has 0 unspecified atom stereocenters. The Labute approximate surface area is 66.9 Å². The van der Waals surface area contributed by atoms with Crippen molar-refractivity contribution >= 4 is 5.97 Å². The topological polar surface area (TPSA) is 26.3 Å². The fraction of sp³-hybridized carbons (Fsp3) is 0.889. The average Bonchev–Trinajstić information content (AvgIpc) is 2.55. The Balaban J connectivity index is 1.90. The first kappa shape index (κ1) is 7.14. The molecule has 0 aromatic carbocycles. The molecule has 0 radical (unpaired) electrons. The van der Waals surface area contributed by atoms with Crippen molar-refractivity contribution in [2.24, 2.45) is 5.92 Å². The fourth-order valence-corrected chi connectivity index (χ4v) is 2.21. The van der Waals surface area contributed by atoms with Crippen molar-refractivity contribution in [3.05, 3.63) is 0 Å². The van der Waals surface area contributed by atoms with E-state index in [1.165, 1.54) is 25.7 Å². The second-order valence-corrected chi connectivity index (χ2v) is 3.61. The molecule has 1 aliphatic heterocycles. The summed E-state index contributed by atoms with van der Waals surface area (Å²) in [5.74, 6) is 0.711. The minimum atomic E-state index is 0.0156. The van der Waals surface area contributed by atoms with Crippen LogP contribution >= 0.6 is 0 Å². The van der Waals surface area contributed by atoms with Crippen LogP contribution in [-0.2, 0) is 9.53 Å². The lowest BCUT2D eigenvalue weighted by atomic mass is 9.99. The number of ether oxygens (including phenoxy) is 1. The zero-order valence-corrected chi connectivity index (χ0v) is 6.71. The van der Waals surface area contributed by atoms with Gasteiger partial charge in [0.25, 0.3) is 0 Å². The van der Waals surface area contributed by atoms with Crippen molar-refractivity contribution in [3.63, 3.8) is 0 Å². The summed E-state index contributed by atoms with van der Waals surface area (Å²) in [5.41, 5.74) is 0. The molecular weight excluding hydrogens is 140 g/mol. The molecule has 0 spiro atoms. The maximum atomic E-state index is 10.8. The van der Waals surface area contributed by atoms with E-state index in [0.717, 1.165) is 6.42 Å². The lowest BCUT2D eigenvalue weighted by Crippen LogP contribution is -2.16. The lowest BCUT2D eigenvalue weighted by Gasteiger charge is -2.15. The summed E-state index contributed by atoms with van der Waals surface area (Å²) in [6.07, 6.45) is 7.13. The van der Waals surface area contributed by atoms with E-state index in [4.69, 9.17) is 4.74 Å². The van der Waals surface area contributed by atoms with Gasteiger partial charge < -0.3 is 4.74 Å². The first-order chi connectivity index (χ1) is 5.36. The van der Waals surface area contributed by atoms with Gasteiger partial charge in [-0.15, -0.1) is 0 Å². The standard InChI is InChI=1S/C9H14O2/c10-9-6-5-8(11-9)7-3-1-2-4-7/h7-8H,1-6H2/t8-/m0/s1. The van der Waals surface area contributed by atoms with Crippen LogP contribution in [0.4, 0.5) is 0 Å². The smallest absolute Gasteiger partial charge is 0.306 e. The molecule has 0 aromatic heterocycles. The van der Waals surface area contributed by atoms with Gasteiger partial charge in [0.2, 0.25) is 0 Å².